The number of hydrogen-bond donors (Lipinski definition) is 1. The maximum atomic E-state index is 12.9. The molecule has 0 saturated carbocycles. The van der Waals surface area contributed by atoms with E-state index >= 15 is 0 Å². The topological polar surface area (TPSA) is 129 Å². The molecule has 5 aromatic rings. The highest BCUT2D eigenvalue weighted by molar-refractivity contribution is 5.83. The van der Waals surface area contributed by atoms with E-state index < -0.39 is 11.1 Å². The smallest absolute Gasteiger partial charge is 0.267 e. The van der Waals surface area contributed by atoms with Crippen LogP contribution in [0.25, 0.3) is 28.5 Å². The van der Waals surface area contributed by atoms with Crippen molar-refractivity contribution < 1.29 is 13.9 Å². The normalized spacial score (nSPS) is 11.5. The molecule has 11 heteroatoms. The molecule has 0 aliphatic carbocycles. The van der Waals surface area contributed by atoms with Crippen LogP contribution in [0, 0.1) is 0 Å². The highest BCUT2D eigenvalue weighted by Crippen LogP contribution is 2.20. The third-order valence-corrected chi connectivity index (χ3v) is 5.57. The molecule has 0 saturated heterocycles. The maximum absolute atomic E-state index is 12.9. The first-order chi connectivity index (χ1) is 17.4. The fourth-order valence-corrected chi connectivity index (χ4v) is 3.62. The Morgan fingerprint density at radius 2 is 1.83 bits per heavy atom. The summed E-state index contributed by atoms with van der Waals surface area (Å²) in [5.41, 5.74) is 0.274. The van der Waals surface area contributed by atoms with Gasteiger partial charge in [0.25, 0.3) is 5.56 Å². The van der Waals surface area contributed by atoms with Crippen molar-refractivity contribution in [1.82, 2.24) is 34.9 Å². The van der Waals surface area contributed by atoms with E-state index in [0.717, 1.165) is 10.2 Å². The van der Waals surface area contributed by atoms with Crippen LogP contribution in [0.15, 0.2) is 82.2 Å². The van der Waals surface area contributed by atoms with Crippen molar-refractivity contribution in [2.24, 2.45) is 0 Å². The lowest BCUT2D eigenvalue weighted by molar-refractivity contribution is -0.129. The van der Waals surface area contributed by atoms with Gasteiger partial charge in [-0.05, 0) is 38.1 Å². The van der Waals surface area contributed by atoms with E-state index in [9.17, 15) is 9.59 Å². The molecular formula is C25H23N7O4. The van der Waals surface area contributed by atoms with E-state index in [2.05, 4.69) is 25.7 Å². The number of furan rings is 1. The molecule has 1 N–H and O–H groups in total. The van der Waals surface area contributed by atoms with Crippen molar-refractivity contribution in [2.45, 2.75) is 19.4 Å². The van der Waals surface area contributed by atoms with Crippen molar-refractivity contribution in [3.05, 3.63) is 83.3 Å². The molecule has 0 bridgehead atoms. The second-order valence-electron chi connectivity index (χ2n) is 8.44. The Bertz CT molecular complexity index is 1560. The van der Waals surface area contributed by atoms with Crippen LogP contribution in [0.4, 0.5) is 0 Å². The third kappa shape index (κ3) is 4.45. The molecule has 1 aromatic carbocycles. The van der Waals surface area contributed by atoms with Crippen molar-refractivity contribution in [2.75, 3.05) is 13.2 Å². The number of hydrogen-bond acceptors (Lipinski definition) is 8. The molecule has 5 rings (SSSR count). The van der Waals surface area contributed by atoms with Crippen molar-refractivity contribution in [3.8, 4) is 28.7 Å². The predicted molar refractivity (Wildman–Crippen MR) is 130 cm³/mol. The Balaban J connectivity index is 1.24. The number of benzene rings is 1. The number of rotatable bonds is 8. The van der Waals surface area contributed by atoms with Crippen molar-refractivity contribution >= 4 is 11.6 Å². The first-order valence-corrected chi connectivity index (χ1v) is 11.3. The van der Waals surface area contributed by atoms with Crippen LogP contribution in [0.5, 0.6) is 5.88 Å². The lowest BCUT2D eigenvalue weighted by Crippen LogP contribution is -2.50. The number of carbonyl (C=O) groups excluding carboxylic acids is 1. The Kier molecular flexibility index (Phi) is 6.03. The van der Waals surface area contributed by atoms with Gasteiger partial charge in [0.2, 0.25) is 11.8 Å². The summed E-state index contributed by atoms with van der Waals surface area (Å²) in [4.78, 5) is 25.4. The van der Waals surface area contributed by atoms with Crippen LogP contribution in [-0.4, -0.2) is 48.7 Å². The first kappa shape index (κ1) is 23.0. The van der Waals surface area contributed by atoms with Crippen LogP contribution in [0.1, 0.15) is 13.8 Å². The van der Waals surface area contributed by atoms with Gasteiger partial charge in [-0.3, -0.25) is 9.59 Å². The standard InChI is InChI=1S/C25H23N7O4/c1-25(2,32-22(33)13-10-18(29-32)19-9-6-15-35-19)24(34)26-14-16-36-21-12-11-20-27-28-23(31(20)30-21)17-7-4-3-5-8-17/h3-13,15H,14,16H2,1-2H3,(H,26,34). The van der Waals surface area contributed by atoms with Gasteiger partial charge in [0, 0.05) is 17.7 Å². The van der Waals surface area contributed by atoms with E-state index in [-0.39, 0.29) is 19.1 Å². The third-order valence-electron chi connectivity index (χ3n) is 5.57. The minimum absolute atomic E-state index is 0.165. The number of ether oxygens (including phenoxy) is 1. The molecule has 0 fully saturated rings. The first-order valence-electron chi connectivity index (χ1n) is 11.3. The van der Waals surface area contributed by atoms with Crippen LogP contribution < -0.4 is 15.6 Å². The Morgan fingerprint density at radius 1 is 1.00 bits per heavy atom. The molecule has 1 amide bonds. The maximum Gasteiger partial charge on any atom is 0.267 e. The van der Waals surface area contributed by atoms with Crippen LogP contribution >= 0.6 is 0 Å². The SMILES string of the molecule is CC(C)(C(=O)NCCOc1ccc2nnc(-c3ccccc3)n2n1)n1nc(-c2ccco2)ccc1=O. The zero-order chi connectivity index (χ0) is 25.1. The number of aromatic nitrogens is 6. The predicted octanol–water partition coefficient (Wildman–Crippen LogP) is 2.54. The minimum Gasteiger partial charge on any atom is -0.475 e. The van der Waals surface area contributed by atoms with Gasteiger partial charge in [-0.15, -0.1) is 15.3 Å². The summed E-state index contributed by atoms with van der Waals surface area (Å²) in [6.45, 7) is 3.60. The average molecular weight is 486 g/mol. The molecule has 36 heavy (non-hydrogen) atoms. The second-order valence-corrected chi connectivity index (χ2v) is 8.44. The van der Waals surface area contributed by atoms with Gasteiger partial charge in [-0.2, -0.15) is 9.61 Å². The summed E-state index contributed by atoms with van der Waals surface area (Å²) in [5.74, 6) is 1.07. The summed E-state index contributed by atoms with van der Waals surface area (Å²) in [6, 6.07) is 19.4. The van der Waals surface area contributed by atoms with Gasteiger partial charge in [0.1, 0.15) is 17.8 Å². The molecule has 182 valence electrons. The van der Waals surface area contributed by atoms with Gasteiger partial charge >= 0.3 is 0 Å². The van der Waals surface area contributed by atoms with Crippen LogP contribution in [0.3, 0.4) is 0 Å². The van der Waals surface area contributed by atoms with Gasteiger partial charge < -0.3 is 14.5 Å². The molecule has 0 atom stereocenters. The van der Waals surface area contributed by atoms with Gasteiger partial charge in [-0.25, -0.2) is 4.68 Å². The molecular weight excluding hydrogens is 462 g/mol. The molecule has 0 aliphatic heterocycles. The molecule has 0 spiro atoms. The molecule has 0 unspecified atom stereocenters. The van der Waals surface area contributed by atoms with E-state index in [1.54, 1.807) is 48.7 Å². The Morgan fingerprint density at radius 3 is 2.61 bits per heavy atom. The van der Waals surface area contributed by atoms with Crippen LogP contribution in [0.2, 0.25) is 0 Å². The lowest BCUT2D eigenvalue weighted by atomic mass is 10.0. The molecule has 11 nitrogen and oxygen atoms in total. The van der Waals surface area contributed by atoms with Gasteiger partial charge in [0.15, 0.2) is 17.2 Å². The number of fused-ring (bicyclic) bond motifs is 1. The van der Waals surface area contributed by atoms with E-state index in [0.29, 0.717) is 28.8 Å². The van der Waals surface area contributed by atoms with Crippen LogP contribution in [-0.2, 0) is 10.3 Å². The van der Waals surface area contributed by atoms with Gasteiger partial charge in [0.05, 0.1) is 12.8 Å². The zero-order valence-electron chi connectivity index (χ0n) is 19.7. The summed E-state index contributed by atoms with van der Waals surface area (Å²) >= 11 is 0. The number of nitrogens with zero attached hydrogens (tertiary/aromatic N) is 6. The summed E-state index contributed by atoms with van der Waals surface area (Å²) in [5, 5.41) is 19.9. The van der Waals surface area contributed by atoms with Crippen molar-refractivity contribution in [3.63, 3.8) is 0 Å². The number of nitrogens with one attached hydrogen (secondary N) is 1. The Hall–Kier alpha value is -4.80. The molecule has 4 heterocycles. The minimum atomic E-state index is -1.25. The Labute approximate surface area is 205 Å². The number of amides is 1. The highest BCUT2D eigenvalue weighted by atomic mass is 16.5. The average Bonchev–Trinajstić information content (AvgIpc) is 3.57. The molecule has 0 aliphatic rings. The highest BCUT2D eigenvalue weighted by Gasteiger charge is 2.32. The lowest BCUT2D eigenvalue weighted by Gasteiger charge is -2.25. The fraction of sp³-hybridized carbons (Fsp3) is 0.200. The quantitative estimate of drug-likeness (QED) is 0.332. The summed E-state index contributed by atoms with van der Waals surface area (Å²) in [7, 11) is 0. The van der Waals surface area contributed by atoms with Gasteiger partial charge in [-0.1, -0.05) is 30.3 Å². The molecule has 4 aromatic heterocycles. The zero-order valence-corrected chi connectivity index (χ0v) is 19.7. The summed E-state index contributed by atoms with van der Waals surface area (Å²) in [6.07, 6.45) is 1.52. The van der Waals surface area contributed by atoms with E-state index in [1.165, 1.54) is 12.3 Å². The number of carbonyl (C=O) groups is 1. The largest absolute Gasteiger partial charge is 0.475 e. The van der Waals surface area contributed by atoms with E-state index in [1.807, 2.05) is 30.3 Å². The molecule has 0 radical (unpaired) electrons. The second kappa shape index (κ2) is 9.45. The van der Waals surface area contributed by atoms with E-state index in [4.69, 9.17) is 9.15 Å². The monoisotopic (exact) mass is 485 g/mol. The van der Waals surface area contributed by atoms with Crippen molar-refractivity contribution in [1.29, 1.82) is 0 Å². The summed E-state index contributed by atoms with van der Waals surface area (Å²) < 4.78 is 13.8. The fourth-order valence-electron chi connectivity index (χ4n) is 3.62.